The summed E-state index contributed by atoms with van der Waals surface area (Å²) >= 11 is 1.47. The Morgan fingerprint density at radius 2 is 1.95 bits per heavy atom. The summed E-state index contributed by atoms with van der Waals surface area (Å²) in [5.41, 5.74) is 0.616. The molecule has 1 fully saturated rings. The number of hydrogen-bond acceptors (Lipinski definition) is 5. The van der Waals surface area contributed by atoms with Crippen LogP contribution in [0.2, 0.25) is 0 Å². The predicted molar refractivity (Wildman–Crippen MR) is 85.2 cm³/mol. The van der Waals surface area contributed by atoms with Crippen molar-refractivity contribution in [3.63, 3.8) is 0 Å². The number of amides is 1. The number of nitrogens with zero attached hydrogens (tertiary/aromatic N) is 3. The highest BCUT2D eigenvalue weighted by molar-refractivity contribution is 7.12. The van der Waals surface area contributed by atoms with E-state index in [1.807, 2.05) is 22.4 Å². The van der Waals surface area contributed by atoms with Gasteiger partial charge < -0.3 is 4.90 Å². The van der Waals surface area contributed by atoms with Crippen molar-refractivity contribution in [1.82, 2.24) is 14.8 Å². The molecule has 0 spiro atoms. The SMILES string of the molecule is O=C(CN1CCN(C(=O)c2cccnc2)CC1)c1cccs1. The molecule has 6 heteroatoms. The van der Waals surface area contributed by atoms with E-state index in [0.29, 0.717) is 25.2 Å². The Kier molecular flexibility index (Phi) is 4.60. The molecular formula is C16H17N3O2S. The molecule has 114 valence electrons. The van der Waals surface area contributed by atoms with E-state index in [2.05, 4.69) is 9.88 Å². The molecule has 0 bridgehead atoms. The highest BCUT2D eigenvalue weighted by Crippen LogP contribution is 2.12. The van der Waals surface area contributed by atoms with Crippen molar-refractivity contribution in [1.29, 1.82) is 0 Å². The van der Waals surface area contributed by atoms with E-state index >= 15 is 0 Å². The highest BCUT2D eigenvalue weighted by Gasteiger charge is 2.23. The molecule has 1 aliphatic rings. The summed E-state index contributed by atoms with van der Waals surface area (Å²) in [6, 6.07) is 7.29. The molecule has 3 rings (SSSR count). The maximum Gasteiger partial charge on any atom is 0.255 e. The Morgan fingerprint density at radius 3 is 2.59 bits per heavy atom. The van der Waals surface area contributed by atoms with Gasteiger partial charge in [0.25, 0.3) is 5.91 Å². The highest BCUT2D eigenvalue weighted by atomic mass is 32.1. The molecule has 22 heavy (non-hydrogen) atoms. The van der Waals surface area contributed by atoms with Crippen LogP contribution in [0.25, 0.3) is 0 Å². The van der Waals surface area contributed by atoms with Crippen LogP contribution in [0, 0.1) is 0 Å². The van der Waals surface area contributed by atoms with Crippen LogP contribution in [0.4, 0.5) is 0 Å². The van der Waals surface area contributed by atoms with Crippen LogP contribution in [-0.4, -0.2) is 59.2 Å². The van der Waals surface area contributed by atoms with Gasteiger partial charge >= 0.3 is 0 Å². The second-order valence-corrected chi connectivity index (χ2v) is 6.16. The number of ketones is 1. The van der Waals surface area contributed by atoms with Crippen molar-refractivity contribution in [2.24, 2.45) is 0 Å². The minimum absolute atomic E-state index is 0.0114. The number of rotatable bonds is 4. The lowest BCUT2D eigenvalue weighted by molar-refractivity contribution is 0.0624. The number of aromatic nitrogens is 1. The standard InChI is InChI=1S/C16H17N3O2S/c20-14(15-4-2-10-22-15)12-18-6-8-19(9-7-18)16(21)13-3-1-5-17-11-13/h1-5,10-11H,6-9,12H2. The fourth-order valence-corrected chi connectivity index (χ4v) is 3.16. The topological polar surface area (TPSA) is 53.5 Å². The van der Waals surface area contributed by atoms with Gasteiger partial charge in [-0.05, 0) is 23.6 Å². The lowest BCUT2D eigenvalue weighted by Crippen LogP contribution is -2.49. The number of Topliss-reactive ketones (excluding diaryl/α,β-unsaturated/α-hetero) is 1. The zero-order chi connectivity index (χ0) is 15.4. The first-order valence-electron chi connectivity index (χ1n) is 7.22. The van der Waals surface area contributed by atoms with Crippen molar-refractivity contribution < 1.29 is 9.59 Å². The molecule has 2 aromatic heterocycles. The average molecular weight is 315 g/mol. The number of carbonyl (C=O) groups is 2. The summed E-state index contributed by atoms with van der Waals surface area (Å²) < 4.78 is 0. The number of thiophene rings is 1. The van der Waals surface area contributed by atoms with Crippen LogP contribution in [0.1, 0.15) is 20.0 Å². The lowest BCUT2D eigenvalue weighted by atomic mass is 10.2. The first-order chi connectivity index (χ1) is 10.7. The fraction of sp³-hybridized carbons (Fsp3) is 0.312. The third-order valence-corrected chi connectivity index (χ3v) is 4.64. The van der Waals surface area contributed by atoms with E-state index in [1.54, 1.807) is 24.5 Å². The molecule has 0 radical (unpaired) electrons. The van der Waals surface area contributed by atoms with Crippen LogP contribution >= 0.6 is 11.3 Å². The molecule has 2 aromatic rings. The van der Waals surface area contributed by atoms with Gasteiger partial charge in [-0.15, -0.1) is 11.3 Å². The van der Waals surface area contributed by atoms with Gasteiger partial charge in [0.2, 0.25) is 0 Å². The third kappa shape index (κ3) is 3.40. The maximum atomic E-state index is 12.3. The van der Waals surface area contributed by atoms with E-state index in [4.69, 9.17) is 0 Å². The Morgan fingerprint density at radius 1 is 1.14 bits per heavy atom. The van der Waals surface area contributed by atoms with Gasteiger partial charge in [0.1, 0.15) is 0 Å². The predicted octanol–water partition coefficient (Wildman–Crippen LogP) is 1.78. The molecule has 0 unspecified atom stereocenters. The Hall–Kier alpha value is -2.05. The van der Waals surface area contributed by atoms with Crippen LogP contribution in [0.15, 0.2) is 42.0 Å². The summed E-state index contributed by atoms with van der Waals surface area (Å²) in [5.74, 6) is 0.166. The van der Waals surface area contributed by atoms with E-state index in [-0.39, 0.29) is 11.7 Å². The Labute approximate surface area is 133 Å². The number of carbonyl (C=O) groups excluding carboxylic acids is 2. The Balaban J connectivity index is 1.52. The van der Waals surface area contributed by atoms with Gasteiger partial charge in [-0.3, -0.25) is 19.5 Å². The van der Waals surface area contributed by atoms with Gasteiger partial charge in [-0.1, -0.05) is 6.07 Å². The molecule has 5 nitrogen and oxygen atoms in total. The molecular weight excluding hydrogens is 298 g/mol. The van der Waals surface area contributed by atoms with Gasteiger partial charge in [-0.25, -0.2) is 0 Å². The second-order valence-electron chi connectivity index (χ2n) is 5.21. The van der Waals surface area contributed by atoms with Crippen molar-refractivity contribution >= 4 is 23.0 Å². The quantitative estimate of drug-likeness (QED) is 0.807. The van der Waals surface area contributed by atoms with Crippen LogP contribution < -0.4 is 0 Å². The second kappa shape index (κ2) is 6.81. The first kappa shape index (κ1) is 14.9. The van der Waals surface area contributed by atoms with E-state index in [0.717, 1.165) is 18.0 Å². The molecule has 0 atom stereocenters. The van der Waals surface area contributed by atoms with Crippen LogP contribution in [0.5, 0.6) is 0 Å². The van der Waals surface area contributed by atoms with Crippen LogP contribution in [0.3, 0.4) is 0 Å². The minimum atomic E-state index is 0.0114. The molecule has 1 saturated heterocycles. The first-order valence-corrected chi connectivity index (χ1v) is 8.10. The minimum Gasteiger partial charge on any atom is -0.336 e. The molecule has 1 aliphatic heterocycles. The molecule has 0 aromatic carbocycles. The van der Waals surface area contributed by atoms with E-state index in [1.165, 1.54) is 11.3 Å². The Bertz CT molecular complexity index is 635. The molecule has 3 heterocycles. The summed E-state index contributed by atoms with van der Waals surface area (Å²) in [4.78, 5) is 33.1. The largest absolute Gasteiger partial charge is 0.336 e. The molecule has 0 saturated carbocycles. The smallest absolute Gasteiger partial charge is 0.255 e. The number of pyridine rings is 1. The monoisotopic (exact) mass is 315 g/mol. The molecule has 0 aliphatic carbocycles. The lowest BCUT2D eigenvalue weighted by Gasteiger charge is -2.34. The van der Waals surface area contributed by atoms with Crippen LogP contribution in [-0.2, 0) is 0 Å². The number of piperazine rings is 1. The van der Waals surface area contributed by atoms with Gasteiger partial charge in [0, 0.05) is 38.6 Å². The number of hydrogen-bond donors (Lipinski definition) is 0. The fourth-order valence-electron chi connectivity index (χ4n) is 2.50. The van der Waals surface area contributed by atoms with Crippen molar-refractivity contribution in [3.8, 4) is 0 Å². The van der Waals surface area contributed by atoms with E-state index < -0.39 is 0 Å². The normalized spacial score (nSPS) is 15.7. The summed E-state index contributed by atoms with van der Waals surface area (Å²) in [5, 5.41) is 1.91. The van der Waals surface area contributed by atoms with Crippen molar-refractivity contribution in [2.45, 2.75) is 0 Å². The van der Waals surface area contributed by atoms with Gasteiger partial charge in [0.05, 0.1) is 17.0 Å². The third-order valence-electron chi connectivity index (χ3n) is 3.73. The summed E-state index contributed by atoms with van der Waals surface area (Å²) in [6.45, 7) is 3.17. The van der Waals surface area contributed by atoms with E-state index in [9.17, 15) is 9.59 Å². The maximum absolute atomic E-state index is 12.3. The molecule has 1 amide bonds. The summed E-state index contributed by atoms with van der Waals surface area (Å²) in [6.07, 6.45) is 3.25. The zero-order valence-corrected chi connectivity index (χ0v) is 13.0. The van der Waals surface area contributed by atoms with Gasteiger partial charge in [-0.2, -0.15) is 0 Å². The summed E-state index contributed by atoms with van der Waals surface area (Å²) in [7, 11) is 0. The van der Waals surface area contributed by atoms with Gasteiger partial charge in [0.15, 0.2) is 5.78 Å². The average Bonchev–Trinajstić information content (AvgIpc) is 3.10. The van der Waals surface area contributed by atoms with Crippen molar-refractivity contribution in [3.05, 3.63) is 52.5 Å². The zero-order valence-electron chi connectivity index (χ0n) is 12.1. The molecule has 0 N–H and O–H groups in total. The van der Waals surface area contributed by atoms with Crippen molar-refractivity contribution in [2.75, 3.05) is 32.7 Å².